The van der Waals surface area contributed by atoms with Crippen LogP contribution in [0.2, 0.25) is 5.02 Å². The summed E-state index contributed by atoms with van der Waals surface area (Å²) in [6.07, 6.45) is 2.23. The van der Waals surface area contributed by atoms with Gasteiger partial charge in [-0.05, 0) is 12.1 Å². The van der Waals surface area contributed by atoms with Gasteiger partial charge in [0.05, 0.1) is 11.1 Å². The minimum absolute atomic E-state index is 0.0278. The Morgan fingerprint density at radius 3 is 2.71 bits per heavy atom. The normalized spacial score (nSPS) is 11.6. The summed E-state index contributed by atoms with van der Waals surface area (Å²) in [6.45, 7) is 0. The summed E-state index contributed by atoms with van der Waals surface area (Å²) in [5.74, 6) is 0. The molecule has 0 fully saturated rings. The smallest absolute Gasteiger partial charge is 0.332 e. The monoisotopic (exact) mass is 275 g/mol. The molecule has 0 unspecified atom stereocenters. The lowest BCUT2D eigenvalue weighted by atomic mass is 10.2. The molecule has 0 spiro atoms. The number of carbonyl (C=O) groups excluding carboxylic acids is 1. The highest BCUT2D eigenvalue weighted by Gasteiger charge is 2.12. The molecule has 3 N–H and O–H groups in total. The summed E-state index contributed by atoms with van der Waals surface area (Å²) in [4.78, 5) is 10.4. The molecule has 1 aromatic carbocycles. The van der Waals surface area contributed by atoms with Crippen LogP contribution in [0.4, 0.5) is 4.79 Å². The van der Waals surface area contributed by atoms with Crippen molar-refractivity contribution in [1.29, 1.82) is 0 Å². The van der Waals surface area contributed by atoms with Crippen LogP contribution in [0.5, 0.6) is 0 Å². The first-order valence-corrected chi connectivity index (χ1v) is 6.66. The molecule has 0 saturated heterocycles. The standard InChI is InChI=1S/C9H10ClN3O3S/c1-17(15,16)8-4-7(10)3-2-6(8)5-12-13-9(11)14/h2-5H,1H3,(H3,11,13,14). The summed E-state index contributed by atoms with van der Waals surface area (Å²) < 4.78 is 22.9. The van der Waals surface area contributed by atoms with E-state index in [1.54, 1.807) is 0 Å². The zero-order valence-electron chi connectivity index (χ0n) is 8.84. The number of sulfone groups is 1. The summed E-state index contributed by atoms with van der Waals surface area (Å²) in [6, 6.07) is 3.46. The number of hydrogen-bond donors (Lipinski definition) is 2. The Morgan fingerprint density at radius 2 is 2.18 bits per heavy atom. The summed E-state index contributed by atoms with van der Waals surface area (Å²) >= 11 is 5.71. The number of halogens is 1. The number of rotatable bonds is 3. The van der Waals surface area contributed by atoms with Gasteiger partial charge in [0.15, 0.2) is 9.84 Å². The molecule has 0 aromatic heterocycles. The van der Waals surface area contributed by atoms with E-state index in [4.69, 9.17) is 17.3 Å². The predicted octanol–water partition coefficient (Wildman–Crippen LogP) is 0.746. The first kappa shape index (κ1) is 13.5. The van der Waals surface area contributed by atoms with Gasteiger partial charge in [-0.25, -0.2) is 18.6 Å². The van der Waals surface area contributed by atoms with Crippen LogP contribution in [0.1, 0.15) is 5.56 Å². The van der Waals surface area contributed by atoms with Crippen molar-refractivity contribution in [2.45, 2.75) is 4.90 Å². The first-order valence-electron chi connectivity index (χ1n) is 4.39. The number of urea groups is 1. The molecule has 1 rings (SSSR count). The fourth-order valence-electron chi connectivity index (χ4n) is 1.10. The number of nitrogens with zero attached hydrogens (tertiary/aromatic N) is 1. The maximum atomic E-state index is 11.5. The van der Waals surface area contributed by atoms with Crippen molar-refractivity contribution in [2.75, 3.05) is 6.26 Å². The fraction of sp³-hybridized carbons (Fsp3) is 0.111. The van der Waals surface area contributed by atoms with Crippen molar-refractivity contribution in [1.82, 2.24) is 5.43 Å². The number of carbonyl (C=O) groups is 1. The van der Waals surface area contributed by atoms with Gasteiger partial charge >= 0.3 is 6.03 Å². The number of nitrogens with one attached hydrogen (secondary N) is 1. The second-order valence-corrected chi connectivity index (χ2v) is 5.61. The molecule has 2 amide bonds. The fourth-order valence-corrected chi connectivity index (χ4v) is 2.23. The highest BCUT2D eigenvalue weighted by Crippen LogP contribution is 2.19. The Morgan fingerprint density at radius 1 is 1.53 bits per heavy atom. The highest BCUT2D eigenvalue weighted by atomic mass is 35.5. The number of hydrazone groups is 1. The average Bonchev–Trinajstić information content (AvgIpc) is 2.18. The van der Waals surface area contributed by atoms with Crippen molar-refractivity contribution in [3.63, 3.8) is 0 Å². The van der Waals surface area contributed by atoms with E-state index in [1.807, 2.05) is 5.43 Å². The lowest BCUT2D eigenvalue weighted by Gasteiger charge is -2.03. The van der Waals surface area contributed by atoms with E-state index >= 15 is 0 Å². The van der Waals surface area contributed by atoms with Gasteiger partial charge in [0.1, 0.15) is 0 Å². The van der Waals surface area contributed by atoms with E-state index in [0.717, 1.165) is 6.26 Å². The van der Waals surface area contributed by atoms with Crippen molar-refractivity contribution in [2.24, 2.45) is 10.8 Å². The molecule has 8 heteroatoms. The first-order chi connectivity index (χ1) is 7.80. The van der Waals surface area contributed by atoms with Crippen LogP contribution in [0.25, 0.3) is 0 Å². The maximum Gasteiger partial charge on any atom is 0.332 e. The van der Waals surface area contributed by atoms with Crippen molar-refractivity contribution in [3.8, 4) is 0 Å². The van der Waals surface area contributed by atoms with Crippen LogP contribution < -0.4 is 11.2 Å². The Labute approximate surface area is 103 Å². The summed E-state index contributed by atoms with van der Waals surface area (Å²) in [5.41, 5.74) is 7.08. The third kappa shape index (κ3) is 4.04. The Bertz CT molecular complexity index is 569. The molecule has 0 aliphatic carbocycles. The Kier molecular flexibility index (Phi) is 4.08. The second kappa shape index (κ2) is 5.15. The third-order valence-electron chi connectivity index (χ3n) is 1.75. The van der Waals surface area contributed by atoms with Gasteiger partial charge < -0.3 is 5.73 Å². The summed E-state index contributed by atoms with van der Waals surface area (Å²) in [7, 11) is -3.43. The lowest BCUT2D eigenvalue weighted by molar-refractivity contribution is 0.249. The van der Waals surface area contributed by atoms with Crippen LogP contribution in [0.15, 0.2) is 28.2 Å². The Balaban J connectivity index is 3.16. The van der Waals surface area contributed by atoms with Gasteiger partial charge in [0.2, 0.25) is 0 Å². The van der Waals surface area contributed by atoms with E-state index in [2.05, 4.69) is 5.10 Å². The van der Waals surface area contributed by atoms with E-state index in [0.29, 0.717) is 10.6 Å². The maximum absolute atomic E-state index is 11.5. The topological polar surface area (TPSA) is 102 Å². The van der Waals surface area contributed by atoms with Gasteiger partial charge in [0.25, 0.3) is 0 Å². The average molecular weight is 276 g/mol. The number of nitrogens with two attached hydrogens (primary N) is 1. The molecule has 1 aromatic rings. The molecule has 92 valence electrons. The molecule has 0 radical (unpaired) electrons. The molecule has 0 atom stereocenters. The minimum Gasteiger partial charge on any atom is -0.350 e. The number of primary amides is 1. The predicted molar refractivity (Wildman–Crippen MR) is 64.9 cm³/mol. The van der Waals surface area contributed by atoms with Crippen LogP contribution >= 0.6 is 11.6 Å². The van der Waals surface area contributed by atoms with Gasteiger partial charge in [0, 0.05) is 16.8 Å². The summed E-state index contributed by atoms with van der Waals surface area (Å²) in [5, 5.41) is 3.78. The zero-order valence-corrected chi connectivity index (χ0v) is 10.4. The number of amides is 2. The minimum atomic E-state index is -3.43. The lowest BCUT2D eigenvalue weighted by Crippen LogP contribution is -2.24. The third-order valence-corrected chi connectivity index (χ3v) is 3.14. The molecule has 0 aliphatic heterocycles. The van der Waals surface area contributed by atoms with E-state index in [9.17, 15) is 13.2 Å². The highest BCUT2D eigenvalue weighted by molar-refractivity contribution is 7.90. The van der Waals surface area contributed by atoms with Crippen LogP contribution in [0, 0.1) is 0 Å². The van der Waals surface area contributed by atoms with Crippen LogP contribution in [-0.2, 0) is 9.84 Å². The van der Waals surface area contributed by atoms with Crippen molar-refractivity contribution >= 4 is 33.7 Å². The molecule has 0 bridgehead atoms. The number of benzene rings is 1. The van der Waals surface area contributed by atoms with E-state index < -0.39 is 15.9 Å². The Hall–Kier alpha value is -1.60. The van der Waals surface area contributed by atoms with Crippen LogP contribution in [0.3, 0.4) is 0 Å². The largest absolute Gasteiger partial charge is 0.350 e. The molecule has 0 saturated carbocycles. The van der Waals surface area contributed by atoms with E-state index in [-0.39, 0.29) is 4.90 Å². The van der Waals surface area contributed by atoms with Crippen molar-refractivity contribution < 1.29 is 13.2 Å². The quantitative estimate of drug-likeness (QED) is 0.628. The second-order valence-electron chi connectivity index (χ2n) is 3.19. The molecule has 0 aliphatic rings. The van der Waals surface area contributed by atoms with Crippen LogP contribution in [-0.4, -0.2) is 26.9 Å². The molecule has 0 heterocycles. The van der Waals surface area contributed by atoms with Gasteiger partial charge in [-0.2, -0.15) is 5.10 Å². The molecular formula is C9H10ClN3O3S. The molecular weight excluding hydrogens is 266 g/mol. The zero-order chi connectivity index (χ0) is 13.1. The van der Waals surface area contributed by atoms with Crippen molar-refractivity contribution in [3.05, 3.63) is 28.8 Å². The van der Waals surface area contributed by atoms with E-state index in [1.165, 1.54) is 24.4 Å². The number of hydrogen-bond acceptors (Lipinski definition) is 4. The van der Waals surface area contributed by atoms with Gasteiger partial charge in [-0.15, -0.1) is 0 Å². The molecule has 17 heavy (non-hydrogen) atoms. The van der Waals surface area contributed by atoms with Gasteiger partial charge in [-0.3, -0.25) is 0 Å². The molecule has 6 nitrogen and oxygen atoms in total. The van der Waals surface area contributed by atoms with Gasteiger partial charge in [-0.1, -0.05) is 17.7 Å². The SMILES string of the molecule is CS(=O)(=O)c1cc(Cl)ccc1C=NNC(N)=O.